The molecule has 3 rings (SSSR count). The van der Waals surface area contributed by atoms with E-state index in [0.29, 0.717) is 18.8 Å². The van der Waals surface area contributed by atoms with E-state index in [1.165, 1.54) is 0 Å². The van der Waals surface area contributed by atoms with Gasteiger partial charge in [0.25, 0.3) is 0 Å². The van der Waals surface area contributed by atoms with E-state index in [2.05, 4.69) is 5.32 Å². The zero-order valence-corrected chi connectivity index (χ0v) is 13.9. The van der Waals surface area contributed by atoms with Crippen LogP contribution in [-0.2, 0) is 9.31 Å². The molecule has 2 aliphatic rings. The molecule has 2 N–H and O–H groups in total. The van der Waals surface area contributed by atoms with Gasteiger partial charge >= 0.3 is 13.2 Å². The number of nitrogens with one attached hydrogen (secondary N) is 1. The summed E-state index contributed by atoms with van der Waals surface area (Å²) in [6.45, 7) is 8.51. The Hall–Kier alpha value is -1.73. The van der Waals surface area contributed by atoms with Crippen LogP contribution >= 0.6 is 0 Å². The van der Waals surface area contributed by atoms with Crippen molar-refractivity contribution in [3.05, 3.63) is 23.8 Å². The Morgan fingerprint density at radius 3 is 2.52 bits per heavy atom. The summed E-state index contributed by atoms with van der Waals surface area (Å²) in [5.41, 5.74) is 0.863. The Kier molecular flexibility index (Phi) is 3.81. The Morgan fingerprint density at radius 1 is 1.26 bits per heavy atom. The molecule has 7 heteroatoms. The SMILES string of the molecule is CC1(C)OB(c2ccc3c(c2)[C@@H](NC(=O)O)CCO3)OC1(C)C. The molecule has 1 aromatic carbocycles. The van der Waals surface area contributed by atoms with Crippen molar-refractivity contribution in [3.8, 4) is 5.75 Å². The normalized spacial score (nSPS) is 24.7. The zero-order valence-electron chi connectivity index (χ0n) is 13.9. The maximum Gasteiger partial charge on any atom is 0.494 e. The summed E-state index contributed by atoms with van der Waals surface area (Å²) in [6, 6.07) is 5.39. The summed E-state index contributed by atoms with van der Waals surface area (Å²) < 4.78 is 17.7. The molecule has 1 aromatic rings. The van der Waals surface area contributed by atoms with Crippen molar-refractivity contribution < 1.29 is 23.9 Å². The van der Waals surface area contributed by atoms with Gasteiger partial charge in [-0.2, -0.15) is 0 Å². The van der Waals surface area contributed by atoms with Gasteiger partial charge < -0.3 is 24.5 Å². The quantitative estimate of drug-likeness (QED) is 0.816. The lowest BCUT2D eigenvalue weighted by Crippen LogP contribution is -2.41. The van der Waals surface area contributed by atoms with Crippen molar-refractivity contribution >= 4 is 18.7 Å². The largest absolute Gasteiger partial charge is 0.494 e. The van der Waals surface area contributed by atoms with Crippen LogP contribution in [0.5, 0.6) is 5.75 Å². The lowest BCUT2D eigenvalue weighted by atomic mass is 9.77. The number of carboxylic acid groups (broad SMARTS) is 1. The molecule has 0 radical (unpaired) electrons. The highest BCUT2D eigenvalue weighted by Gasteiger charge is 2.51. The molecule has 0 bridgehead atoms. The van der Waals surface area contributed by atoms with Gasteiger partial charge in [-0.25, -0.2) is 4.79 Å². The van der Waals surface area contributed by atoms with Crippen LogP contribution in [0.15, 0.2) is 18.2 Å². The number of hydrogen-bond acceptors (Lipinski definition) is 4. The first-order valence-electron chi connectivity index (χ1n) is 7.81. The van der Waals surface area contributed by atoms with Crippen LogP contribution in [0.4, 0.5) is 4.79 Å². The van der Waals surface area contributed by atoms with E-state index in [1.807, 2.05) is 45.9 Å². The maximum absolute atomic E-state index is 11.0. The molecule has 1 amide bonds. The summed E-state index contributed by atoms with van der Waals surface area (Å²) in [5, 5.41) is 11.6. The number of benzene rings is 1. The fraction of sp³-hybridized carbons (Fsp3) is 0.562. The molecule has 2 aliphatic heterocycles. The van der Waals surface area contributed by atoms with E-state index in [0.717, 1.165) is 11.0 Å². The minimum absolute atomic E-state index is 0.279. The molecule has 23 heavy (non-hydrogen) atoms. The number of ether oxygens (including phenoxy) is 1. The molecule has 124 valence electrons. The summed E-state index contributed by atoms with van der Waals surface area (Å²) in [6.07, 6.45) is -0.435. The molecule has 0 unspecified atom stereocenters. The van der Waals surface area contributed by atoms with Gasteiger partial charge in [0.1, 0.15) is 5.75 Å². The summed E-state index contributed by atoms with van der Waals surface area (Å²) in [7, 11) is -0.474. The van der Waals surface area contributed by atoms with Gasteiger partial charge in [-0.3, -0.25) is 0 Å². The molecular weight excluding hydrogens is 297 g/mol. The standard InChI is InChI=1S/C16H22BNO5/c1-15(2)16(3,4)23-17(22-15)10-5-6-13-11(9-10)12(7-8-21-13)18-14(19)20/h5-6,9,12,18H,7-8H2,1-4H3,(H,19,20)/t12-/m0/s1. The van der Waals surface area contributed by atoms with Crippen LogP contribution in [0.25, 0.3) is 0 Å². The third kappa shape index (κ3) is 2.91. The molecule has 0 spiro atoms. The van der Waals surface area contributed by atoms with E-state index in [1.54, 1.807) is 0 Å². The van der Waals surface area contributed by atoms with Crippen molar-refractivity contribution in [3.63, 3.8) is 0 Å². The highest BCUT2D eigenvalue weighted by molar-refractivity contribution is 6.62. The van der Waals surface area contributed by atoms with Crippen LogP contribution in [0.1, 0.15) is 45.7 Å². The number of rotatable bonds is 2. The Labute approximate surface area is 136 Å². The topological polar surface area (TPSA) is 77.0 Å². The van der Waals surface area contributed by atoms with Crippen LogP contribution in [-0.4, -0.2) is 36.1 Å². The molecule has 0 aliphatic carbocycles. The molecular formula is C16H22BNO5. The first kappa shape index (κ1) is 16.1. The lowest BCUT2D eigenvalue weighted by Gasteiger charge is -2.32. The van der Waals surface area contributed by atoms with Crippen LogP contribution < -0.4 is 15.5 Å². The van der Waals surface area contributed by atoms with Crippen molar-refractivity contribution in [2.45, 2.75) is 51.4 Å². The minimum atomic E-state index is -1.04. The van der Waals surface area contributed by atoms with Crippen LogP contribution in [0, 0.1) is 0 Å². The Morgan fingerprint density at radius 2 is 1.91 bits per heavy atom. The highest BCUT2D eigenvalue weighted by atomic mass is 16.7. The van der Waals surface area contributed by atoms with E-state index in [4.69, 9.17) is 19.2 Å². The summed E-state index contributed by atoms with van der Waals surface area (Å²) in [5.74, 6) is 0.704. The van der Waals surface area contributed by atoms with Crippen molar-refractivity contribution in [1.29, 1.82) is 0 Å². The third-order valence-electron chi connectivity index (χ3n) is 4.90. The minimum Gasteiger partial charge on any atom is -0.493 e. The van der Waals surface area contributed by atoms with Crippen molar-refractivity contribution in [2.24, 2.45) is 0 Å². The molecule has 6 nitrogen and oxygen atoms in total. The zero-order chi connectivity index (χ0) is 16.8. The number of amides is 1. The molecule has 0 aromatic heterocycles. The van der Waals surface area contributed by atoms with Gasteiger partial charge in [0, 0.05) is 12.0 Å². The monoisotopic (exact) mass is 319 g/mol. The molecule has 2 heterocycles. The molecule has 1 atom stereocenters. The highest BCUT2D eigenvalue weighted by Crippen LogP contribution is 2.37. The fourth-order valence-electron chi connectivity index (χ4n) is 2.84. The van der Waals surface area contributed by atoms with Crippen LogP contribution in [0.2, 0.25) is 0 Å². The molecule has 1 fully saturated rings. The fourth-order valence-corrected chi connectivity index (χ4v) is 2.84. The lowest BCUT2D eigenvalue weighted by molar-refractivity contribution is 0.00578. The van der Waals surface area contributed by atoms with Gasteiger partial charge in [-0.05, 0) is 39.2 Å². The first-order valence-corrected chi connectivity index (χ1v) is 7.81. The maximum atomic E-state index is 11.0. The van der Waals surface area contributed by atoms with E-state index in [9.17, 15) is 4.79 Å². The average molecular weight is 319 g/mol. The van der Waals surface area contributed by atoms with Gasteiger partial charge in [0.05, 0.1) is 23.9 Å². The van der Waals surface area contributed by atoms with Crippen molar-refractivity contribution in [2.75, 3.05) is 6.61 Å². The average Bonchev–Trinajstić information content (AvgIpc) is 2.67. The molecule has 0 saturated carbocycles. The second-order valence-corrected chi connectivity index (χ2v) is 7.02. The second-order valence-electron chi connectivity index (χ2n) is 7.02. The molecule has 1 saturated heterocycles. The van der Waals surface area contributed by atoms with Gasteiger partial charge in [-0.1, -0.05) is 12.1 Å². The smallest absolute Gasteiger partial charge is 0.493 e. The summed E-state index contributed by atoms with van der Waals surface area (Å²) >= 11 is 0. The van der Waals surface area contributed by atoms with Gasteiger partial charge in [0.15, 0.2) is 0 Å². The van der Waals surface area contributed by atoms with Gasteiger partial charge in [-0.15, -0.1) is 0 Å². The summed E-state index contributed by atoms with van der Waals surface area (Å²) in [4.78, 5) is 11.0. The first-order chi connectivity index (χ1) is 10.7. The number of carbonyl (C=O) groups is 1. The predicted octanol–water partition coefficient (Wildman–Crippen LogP) is 2.08. The predicted molar refractivity (Wildman–Crippen MR) is 86.2 cm³/mol. The number of hydrogen-bond donors (Lipinski definition) is 2. The Bertz CT molecular complexity index is 615. The van der Waals surface area contributed by atoms with E-state index < -0.39 is 24.4 Å². The van der Waals surface area contributed by atoms with Crippen molar-refractivity contribution in [1.82, 2.24) is 5.32 Å². The van der Waals surface area contributed by atoms with E-state index >= 15 is 0 Å². The number of fused-ring (bicyclic) bond motifs is 1. The Balaban J connectivity index is 1.90. The van der Waals surface area contributed by atoms with Gasteiger partial charge in [0.2, 0.25) is 0 Å². The van der Waals surface area contributed by atoms with Crippen LogP contribution in [0.3, 0.4) is 0 Å². The van der Waals surface area contributed by atoms with E-state index in [-0.39, 0.29) is 6.04 Å². The third-order valence-corrected chi connectivity index (χ3v) is 4.90. The second kappa shape index (κ2) is 5.42.